The van der Waals surface area contributed by atoms with E-state index in [1.54, 1.807) is 0 Å². The summed E-state index contributed by atoms with van der Waals surface area (Å²) in [4.78, 5) is 110. The fourth-order valence-electron chi connectivity index (χ4n) is 6.16. The van der Waals surface area contributed by atoms with E-state index in [4.69, 9.17) is 0 Å². The number of carbonyl (C=O) groups is 9. The summed E-state index contributed by atoms with van der Waals surface area (Å²) in [6, 6.07) is 0. The van der Waals surface area contributed by atoms with Crippen LogP contribution in [-0.2, 0) is 43.2 Å². The molecule has 0 bridgehead atoms. The number of imide groups is 4. The van der Waals surface area contributed by atoms with E-state index in [0.717, 1.165) is 63.2 Å². The lowest BCUT2D eigenvalue weighted by molar-refractivity contribution is -0.166. The summed E-state index contributed by atoms with van der Waals surface area (Å²) < 4.78 is 0. The number of nitrogens with zero attached hydrogens (tertiary/aromatic N) is 4. The van der Waals surface area contributed by atoms with E-state index in [1.807, 2.05) is 6.92 Å². The molecule has 234 valence electrons. The summed E-state index contributed by atoms with van der Waals surface area (Å²) in [5.74, 6) is -4.72. The molecule has 0 aromatic rings. The van der Waals surface area contributed by atoms with Crippen molar-refractivity contribution in [2.45, 2.75) is 82.8 Å². The van der Waals surface area contributed by atoms with Crippen LogP contribution in [0, 0.1) is 5.92 Å². The summed E-state index contributed by atoms with van der Waals surface area (Å²) in [6.45, 7) is 2.26. The average Bonchev–Trinajstić information content (AvgIpc) is 3.71. The Morgan fingerprint density at radius 1 is 0.750 bits per heavy atom. The van der Waals surface area contributed by atoms with Crippen LogP contribution in [0.4, 0.5) is 0 Å². The van der Waals surface area contributed by atoms with Gasteiger partial charge in [-0.2, -0.15) is 0 Å². The minimum absolute atomic E-state index is 0.0296. The van der Waals surface area contributed by atoms with E-state index in [1.165, 1.54) is 12.2 Å². The molecule has 0 atom stereocenters. The minimum atomic E-state index is -1.49. The van der Waals surface area contributed by atoms with Crippen molar-refractivity contribution < 1.29 is 48.3 Å². The first-order chi connectivity index (χ1) is 20.9. The average molecular weight is 611 g/mol. The van der Waals surface area contributed by atoms with Crippen LogP contribution in [0.25, 0.3) is 0 Å². The Labute approximate surface area is 253 Å². The van der Waals surface area contributed by atoms with Crippen LogP contribution >= 0.6 is 0 Å². The zero-order chi connectivity index (χ0) is 32.2. The van der Waals surface area contributed by atoms with E-state index >= 15 is 0 Å². The maximum atomic E-state index is 12.0. The Balaban J connectivity index is 0.000000204. The van der Waals surface area contributed by atoms with Gasteiger partial charge in [0.05, 0.1) is 0 Å². The quantitative estimate of drug-likeness (QED) is 0.274. The molecule has 5 rings (SSSR count). The van der Waals surface area contributed by atoms with E-state index in [9.17, 15) is 48.3 Å². The highest BCUT2D eigenvalue weighted by Crippen LogP contribution is 2.40. The standard InChI is InChI=1S/C16H18N2O6.C14H16N2O4/c19-11-1-2-12(20)17(11)9-10-5-7-16(8-6-10,15(23)24)18-13(21)3-4-14(18)22;1-2-3-4-5-10(15-11(17)6-7-12(15)18)16-13(19)8-9-14(16)20/h1-2,10H,3-9H2,(H,23,24);6-10H,2-5H2,1H3. The van der Waals surface area contributed by atoms with Gasteiger partial charge in [0.2, 0.25) is 11.8 Å². The summed E-state index contributed by atoms with van der Waals surface area (Å²) in [7, 11) is 0. The van der Waals surface area contributed by atoms with Gasteiger partial charge in [-0.05, 0) is 44.4 Å². The highest BCUT2D eigenvalue weighted by Gasteiger charge is 2.53. The van der Waals surface area contributed by atoms with Crippen molar-refractivity contribution in [3.8, 4) is 0 Å². The first-order valence-corrected chi connectivity index (χ1v) is 14.6. The topological polar surface area (TPSA) is 187 Å². The smallest absolute Gasteiger partial charge is 0.330 e. The van der Waals surface area contributed by atoms with Crippen molar-refractivity contribution in [2.24, 2.45) is 5.92 Å². The second kappa shape index (κ2) is 13.3. The molecule has 1 saturated heterocycles. The number of rotatable bonds is 10. The fraction of sp³-hybridized carbons (Fsp3) is 0.500. The number of carboxylic acid groups (broad SMARTS) is 1. The first-order valence-electron chi connectivity index (χ1n) is 14.6. The Kier molecular flexibility index (Phi) is 9.70. The third-order valence-electron chi connectivity index (χ3n) is 8.50. The number of likely N-dealkylation sites (tertiary alicyclic amines) is 1. The number of amides is 8. The molecule has 1 saturated carbocycles. The van der Waals surface area contributed by atoms with Crippen LogP contribution in [-0.4, -0.2) is 96.2 Å². The van der Waals surface area contributed by atoms with Crippen LogP contribution in [0.2, 0.25) is 0 Å². The third-order valence-corrected chi connectivity index (χ3v) is 8.50. The number of unbranched alkanes of at least 4 members (excludes halogenated alkanes) is 2. The fourth-order valence-corrected chi connectivity index (χ4v) is 6.16. The molecule has 0 aromatic heterocycles. The zero-order valence-electron chi connectivity index (χ0n) is 24.3. The Hall–Kier alpha value is -4.75. The monoisotopic (exact) mass is 610 g/mol. The molecule has 44 heavy (non-hydrogen) atoms. The number of hydrogen-bond donors (Lipinski definition) is 1. The van der Waals surface area contributed by atoms with Gasteiger partial charge in [0.1, 0.15) is 11.7 Å². The van der Waals surface area contributed by atoms with Gasteiger partial charge in [0.25, 0.3) is 35.4 Å². The first kappa shape index (κ1) is 32.2. The van der Waals surface area contributed by atoms with Crippen LogP contribution < -0.4 is 0 Å². The van der Waals surface area contributed by atoms with Gasteiger partial charge < -0.3 is 5.11 Å². The lowest BCUT2D eigenvalue weighted by Gasteiger charge is -2.42. The summed E-state index contributed by atoms with van der Waals surface area (Å²) in [5, 5.41) is 9.66. The van der Waals surface area contributed by atoms with Crippen LogP contribution in [0.15, 0.2) is 36.5 Å². The molecule has 4 aliphatic heterocycles. The van der Waals surface area contributed by atoms with Gasteiger partial charge in [-0.25, -0.2) is 4.79 Å². The maximum absolute atomic E-state index is 12.0. The molecule has 2 fully saturated rings. The van der Waals surface area contributed by atoms with E-state index in [-0.39, 0.29) is 50.0 Å². The molecule has 0 spiro atoms. The minimum Gasteiger partial charge on any atom is -0.479 e. The molecule has 0 aromatic carbocycles. The van der Waals surface area contributed by atoms with Gasteiger partial charge in [-0.15, -0.1) is 0 Å². The second-order valence-corrected chi connectivity index (χ2v) is 11.3. The molecule has 14 nitrogen and oxygen atoms in total. The number of hydrogen-bond acceptors (Lipinski definition) is 9. The molecule has 14 heteroatoms. The van der Waals surface area contributed by atoms with Crippen molar-refractivity contribution in [2.75, 3.05) is 6.54 Å². The highest BCUT2D eigenvalue weighted by atomic mass is 16.4. The summed E-state index contributed by atoms with van der Waals surface area (Å²) >= 11 is 0. The molecule has 1 aliphatic carbocycles. The van der Waals surface area contributed by atoms with Crippen LogP contribution in [0.3, 0.4) is 0 Å². The van der Waals surface area contributed by atoms with Gasteiger partial charge in [0, 0.05) is 55.8 Å². The van der Waals surface area contributed by atoms with Gasteiger partial charge in [-0.1, -0.05) is 19.8 Å². The van der Waals surface area contributed by atoms with E-state index < -0.39 is 53.1 Å². The molecule has 1 N–H and O–H groups in total. The van der Waals surface area contributed by atoms with Gasteiger partial charge in [0.15, 0.2) is 0 Å². The highest BCUT2D eigenvalue weighted by molar-refractivity contribution is 6.16. The largest absolute Gasteiger partial charge is 0.479 e. The SMILES string of the molecule is CCCCCC(N1C(=O)C=CC1=O)N1C(=O)C=CC1=O.O=C1C=CC(=O)N1CC1CCC(C(=O)O)(N2C(=O)CCC2=O)CC1. The number of carboxylic acids is 1. The summed E-state index contributed by atoms with van der Waals surface area (Å²) in [6.07, 6.45) is 10.5. The predicted molar refractivity (Wildman–Crippen MR) is 149 cm³/mol. The molecule has 4 heterocycles. The molecule has 0 radical (unpaired) electrons. The maximum Gasteiger partial charge on any atom is 0.330 e. The van der Waals surface area contributed by atoms with Crippen LogP contribution in [0.5, 0.6) is 0 Å². The van der Waals surface area contributed by atoms with Gasteiger partial charge in [-0.3, -0.25) is 58.0 Å². The summed E-state index contributed by atoms with van der Waals surface area (Å²) in [5.41, 5.74) is -1.49. The normalized spacial score (nSPS) is 25.0. The molecule has 0 unspecified atom stereocenters. The van der Waals surface area contributed by atoms with Crippen molar-refractivity contribution >= 4 is 53.2 Å². The Morgan fingerprint density at radius 3 is 1.59 bits per heavy atom. The Morgan fingerprint density at radius 2 is 1.18 bits per heavy atom. The molecular formula is C30H34N4O10. The third kappa shape index (κ3) is 6.29. The van der Waals surface area contributed by atoms with E-state index in [0.29, 0.717) is 19.3 Å². The second-order valence-electron chi connectivity index (χ2n) is 11.3. The van der Waals surface area contributed by atoms with Crippen molar-refractivity contribution in [3.05, 3.63) is 36.5 Å². The molecule has 5 aliphatic rings. The molecular weight excluding hydrogens is 576 g/mol. The zero-order valence-corrected chi connectivity index (χ0v) is 24.3. The van der Waals surface area contributed by atoms with Crippen molar-refractivity contribution in [1.82, 2.24) is 19.6 Å². The van der Waals surface area contributed by atoms with Gasteiger partial charge >= 0.3 is 5.97 Å². The van der Waals surface area contributed by atoms with E-state index in [2.05, 4.69) is 0 Å². The lowest BCUT2D eigenvalue weighted by Crippen LogP contribution is -2.59. The molecule has 8 amide bonds. The van der Waals surface area contributed by atoms with Crippen LogP contribution in [0.1, 0.15) is 71.1 Å². The number of aliphatic carboxylic acids is 1. The Bertz CT molecular complexity index is 1280. The predicted octanol–water partition coefficient (Wildman–Crippen LogP) is 0.817. The number of carbonyl (C=O) groups excluding carboxylic acids is 8. The van der Waals surface area contributed by atoms with Crippen molar-refractivity contribution in [3.63, 3.8) is 0 Å². The van der Waals surface area contributed by atoms with Crippen molar-refractivity contribution in [1.29, 1.82) is 0 Å². The lowest BCUT2D eigenvalue weighted by atomic mass is 9.75.